The van der Waals surface area contributed by atoms with Crippen molar-refractivity contribution in [3.8, 4) is 0 Å². The van der Waals surface area contributed by atoms with Crippen molar-refractivity contribution in [2.45, 2.75) is 50.9 Å². The van der Waals surface area contributed by atoms with Crippen molar-refractivity contribution < 1.29 is 9.84 Å². The second kappa shape index (κ2) is 4.89. The monoisotopic (exact) mass is 261 g/mol. The third kappa shape index (κ3) is 1.92. The van der Waals surface area contributed by atoms with Gasteiger partial charge in [-0.3, -0.25) is 0 Å². The van der Waals surface area contributed by atoms with Crippen molar-refractivity contribution in [1.29, 1.82) is 0 Å². The summed E-state index contributed by atoms with van der Waals surface area (Å²) in [5.74, 6) is 0. The Morgan fingerprint density at radius 1 is 1.42 bits per heavy atom. The SMILES string of the molecule is CCc1ccccc1C(O)C1(CN)CC2CCC1O2. The summed E-state index contributed by atoms with van der Waals surface area (Å²) in [6, 6.07) is 8.15. The minimum Gasteiger partial charge on any atom is -0.388 e. The fourth-order valence-corrected chi connectivity index (χ4v) is 3.88. The third-order valence-corrected chi connectivity index (χ3v) is 5.01. The Balaban J connectivity index is 1.96. The Kier molecular flexibility index (Phi) is 3.37. The molecule has 0 radical (unpaired) electrons. The normalized spacial score (nSPS) is 34.7. The van der Waals surface area contributed by atoms with Gasteiger partial charge in [-0.2, -0.15) is 0 Å². The first-order valence-corrected chi connectivity index (χ1v) is 7.32. The summed E-state index contributed by atoms with van der Waals surface area (Å²) in [6.07, 6.45) is 3.90. The number of benzene rings is 1. The van der Waals surface area contributed by atoms with Crippen molar-refractivity contribution in [2.24, 2.45) is 11.1 Å². The van der Waals surface area contributed by atoms with E-state index in [2.05, 4.69) is 13.0 Å². The summed E-state index contributed by atoms with van der Waals surface area (Å²) in [4.78, 5) is 0. The van der Waals surface area contributed by atoms with E-state index in [9.17, 15) is 5.11 Å². The van der Waals surface area contributed by atoms with Crippen molar-refractivity contribution >= 4 is 0 Å². The van der Waals surface area contributed by atoms with Gasteiger partial charge in [0.2, 0.25) is 0 Å². The zero-order valence-corrected chi connectivity index (χ0v) is 11.5. The lowest BCUT2D eigenvalue weighted by Gasteiger charge is -2.39. The number of hydrogen-bond donors (Lipinski definition) is 2. The summed E-state index contributed by atoms with van der Waals surface area (Å²) in [7, 11) is 0. The molecule has 0 amide bonds. The van der Waals surface area contributed by atoms with Gasteiger partial charge in [0.05, 0.1) is 18.3 Å². The van der Waals surface area contributed by atoms with E-state index in [0.29, 0.717) is 12.6 Å². The molecule has 2 fully saturated rings. The molecule has 1 aromatic carbocycles. The highest BCUT2D eigenvalue weighted by molar-refractivity contribution is 5.31. The number of fused-ring (bicyclic) bond motifs is 2. The number of aliphatic hydroxyl groups is 1. The minimum absolute atomic E-state index is 0.127. The average Bonchev–Trinajstić information content (AvgIpc) is 3.07. The summed E-state index contributed by atoms with van der Waals surface area (Å²) in [6.45, 7) is 2.62. The molecule has 0 spiro atoms. The van der Waals surface area contributed by atoms with Crippen LogP contribution in [0.15, 0.2) is 24.3 Å². The quantitative estimate of drug-likeness (QED) is 0.873. The van der Waals surface area contributed by atoms with Gasteiger partial charge < -0.3 is 15.6 Å². The molecular formula is C16H23NO2. The van der Waals surface area contributed by atoms with E-state index in [0.717, 1.165) is 31.2 Å². The summed E-state index contributed by atoms with van der Waals surface area (Å²) in [5, 5.41) is 10.9. The molecule has 0 aromatic heterocycles. The highest BCUT2D eigenvalue weighted by Crippen LogP contribution is 2.53. The van der Waals surface area contributed by atoms with Crippen molar-refractivity contribution in [2.75, 3.05) is 6.54 Å². The molecule has 3 heteroatoms. The van der Waals surface area contributed by atoms with E-state index in [-0.39, 0.29) is 11.5 Å². The van der Waals surface area contributed by atoms with Crippen molar-refractivity contribution in [3.05, 3.63) is 35.4 Å². The Hall–Kier alpha value is -0.900. The first-order valence-electron chi connectivity index (χ1n) is 7.32. The fraction of sp³-hybridized carbons (Fsp3) is 0.625. The number of hydrogen-bond acceptors (Lipinski definition) is 3. The van der Waals surface area contributed by atoms with Crippen molar-refractivity contribution in [1.82, 2.24) is 0 Å². The number of nitrogens with two attached hydrogens (primary N) is 1. The van der Waals surface area contributed by atoms with Gasteiger partial charge in [0.15, 0.2) is 0 Å². The van der Waals surface area contributed by atoms with Gasteiger partial charge in [-0.15, -0.1) is 0 Å². The van der Waals surface area contributed by atoms with Gasteiger partial charge in [0.25, 0.3) is 0 Å². The van der Waals surface area contributed by atoms with Crippen LogP contribution in [0.1, 0.15) is 43.4 Å². The number of aryl methyl sites for hydroxylation is 1. The molecule has 4 unspecified atom stereocenters. The molecule has 4 atom stereocenters. The van der Waals surface area contributed by atoms with E-state index in [4.69, 9.17) is 10.5 Å². The van der Waals surface area contributed by atoms with Crippen LogP contribution in [0.5, 0.6) is 0 Å². The second-order valence-electron chi connectivity index (χ2n) is 5.92. The van der Waals surface area contributed by atoms with Crippen LogP contribution in [-0.4, -0.2) is 23.9 Å². The fourth-order valence-electron chi connectivity index (χ4n) is 3.88. The van der Waals surface area contributed by atoms with Crippen LogP contribution in [0, 0.1) is 5.41 Å². The predicted molar refractivity (Wildman–Crippen MR) is 74.8 cm³/mol. The maximum Gasteiger partial charge on any atom is 0.0886 e. The van der Waals surface area contributed by atoms with Gasteiger partial charge in [0, 0.05) is 12.0 Å². The van der Waals surface area contributed by atoms with Crippen LogP contribution >= 0.6 is 0 Å². The molecule has 2 aliphatic heterocycles. The molecule has 2 heterocycles. The lowest BCUT2D eigenvalue weighted by Crippen LogP contribution is -2.44. The predicted octanol–water partition coefficient (Wildman–Crippen LogP) is 2.18. The van der Waals surface area contributed by atoms with E-state index in [1.54, 1.807) is 0 Å². The Labute approximate surface area is 114 Å². The van der Waals surface area contributed by atoms with Crippen LogP contribution < -0.4 is 5.73 Å². The molecule has 3 rings (SSSR count). The standard InChI is InChI=1S/C16H23NO2/c1-2-11-5-3-4-6-13(11)15(18)16(10-17)9-12-7-8-14(16)19-12/h3-6,12,14-15,18H,2,7-10,17H2,1H3. The molecule has 1 aromatic rings. The van der Waals surface area contributed by atoms with Crippen LogP contribution in [0.3, 0.4) is 0 Å². The maximum absolute atomic E-state index is 10.9. The maximum atomic E-state index is 10.9. The van der Waals surface area contributed by atoms with Gasteiger partial charge in [-0.1, -0.05) is 31.2 Å². The molecule has 0 saturated carbocycles. The lowest BCUT2D eigenvalue weighted by atomic mass is 9.67. The van der Waals surface area contributed by atoms with Crippen molar-refractivity contribution in [3.63, 3.8) is 0 Å². The van der Waals surface area contributed by atoms with Crippen LogP contribution in [0.25, 0.3) is 0 Å². The molecule has 3 N–H and O–H groups in total. The first-order chi connectivity index (χ1) is 9.21. The average molecular weight is 261 g/mol. The highest BCUT2D eigenvalue weighted by atomic mass is 16.5. The second-order valence-corrected chi connectivity index (χ2v) is 5.92. The Morgan fingerprint density at radius 3 is 2.79 bits per heavy atom. The van der Waals surface area contributed by atoms with E-state index in [1.807, 2.05) is 18.2 Å². The number of ether oxygens (including phenoxy) is 1. The number of aliphatic hydroxyl groups excluding tert-OH is 1. The molecule has 2 saturated heterocycles. The topological polar surface area (TPSA) is 55.5 Å². The van der Waals surface area contributed by atoms with Crippen LogP contribution in [-0.2, 0) is 11.2 Å². The zero-order chi connectivity index (χ0) is 13.5. The largest absolute Gasteiger partial charge is 0.388 e. The molecule has 104 valence electrons. The molecule has 2 aliphatic rings. The smallest absolute Gasteiger partial charge is 0.0886 e. The third-order valence-electron chi connectivity index (χ3n) is 5.01. The van der Waals surface area contributed by atoms with Crippen LogP contribution in [0.4, 0.5) is 0 Å². The van der Waals surface area contributed by atoms with Gasteiger partial charge in [-0.05, 0) is 36.8 Å². The van der Waals surface area contributed by atoms with E-state index < -0.39 is 6.10 Å². The van der Waals surface area contributed by atoms with E-state index in [1.165, 1.54) is 5.56 Å². The summed E-state index contributed by atoms with van der Waals surface area (Å²) < 4.78 is 5.96. The molecular weight excluding hydrogens is 238 g/mol. The Morgan fingerprint density at radius 2 is 2.21 bits per heavy atom. The molecule has 2 bridgehead atoms. The minimum atomic E-state index is -0.510. The zero-order valence-electron chi connectivity index (χ0n) is 11.5. The van der Waals surface area contributed by atoms with Gasteiger partial charge in [-0.25, -0.2) is 0 Å². The van der Waals surface area contributed by atoms with Gasteiger partial charge in [0.1, 0.15) is 0 Å². The molecule has 0 aliphatic carbocycles. The molecule has 3 nitrogen and oxygen atoms in total. The first kappa shape index (κ1) is 13.1. The van der Waals surface area contributed by atoms with Crippen LogP contribution in [0.2, 0.25) is 0 Å². The summed E-state index contributed by atoms with van der Waals surface area (Å²) >= 11 is 0. The Bertz CT molecular complexity index is 462. The lowest BCUT2D eigenvalue weighted by molar-refractivity contribution is -0.0267. The van der Waals surface area contributed by atoms with Gasteiger partial charge >= 0.3 is 0 Å². The summed E-state index contributed by atoms with van der Waals surface area (Å²) in [5.41, 5.74) is 8.01. The molecule has 19 heavy (non-hydrogen) atoms. The number of rotatable bonds is 4. The van der Waals surface area contributed by atoms with E-state index >= 15 is 0 Å². The highest BCUT2D eigenvalue weighted by Gasteiger charge is 2.55.